The summed E-state index contributed by atoms with van der Waals surface area (Å²) in [6.07, 6.45) is 0.702. The molecule has 0 aliphatic carbocycles. The van der Waals surface area contributed by atoms with Crippen LogP contribution in [0.3, 0.4) is 0 Å². The fraction of sp³-hybridized carbons (Fsp3) is 0.367. The molecule has 0 aliphatic heterocycles. The van der Waals surface area contributed by atoms with Crippen LogP contribution in [0.2, 0.25) is 0 Å². The standard InChI is InChI=1S/C60H86N24O13/c1-94-43-17-13-31(27-35(43)48(61)86)77-53(91)40(10-6-23-73-57(64)65)82-50(88)37-29-33(15-19-45(37)96-3)79-55(93)42(12-8-25-75-59(68)69)84-51(89)38-30-34(16-20-46(38)97-4)80-54(92)41(11-7-24-74-58(66)67)83-49(87)36-28-32(14-18-44(36)95-2)78-52(90)39(9-5-22-72-56(62)63)81-47(85)21-26-76-60(70)71/h13-20,27-30,39-42H,5-12,21-26H2,1-4H3,(H2,61,86)(H,77,91)(H,78,90)(H,79,93)(H,80,92)(H,81,85)(H,82,88)(H,83,87)(H,84,89)(H4,62,63,72)(H4,64,65,73)(H4,66,67,74)(H4,68,69,75)(H4,70,71,76)/t39-,40-,41-,42-/m1/s1. The maximum Gasteiger partial charge on any atom is 0.255 e. The van der Waals surface area contributed by atoms with Crippen molar-refractivity contribution in [2.24, 2.45) is 34.4 Å². The van der Waals surface area contributed by atoms with Gasteiger partial charge in [0.1, 0.15) is 47.2 Å². The number of nitrogens with one attached hydrogen (secondary N) is 18. The maximum atomic E-state index is 14.4. The first kappa shape index (κ1) is 77.1. The number of carbonyl (C=O) groups excluding carboxylic acids is 9. The van der Waals surface area contributed by atoms with E-state index in [1.165, 1.54) is 101 Å². The predicted octanol–water partition coefficient (Wildman–Crippen LogP) is -1.62. The van der Waals surface area contributed by atoms with Crippen LogP contribution in [0.15, 0.2) is 72.8 Å². The van der Waals surface area contributed by atoms with Gasteiger partial charge in [-0.1, -0.05) is 0 Å². The van der Waals surface area contributed by atoms with Crippen molar-refractivity contribution in [1.82, 2.24) is 47.9 Å². The number of methoxy groups -OCH3 is 4. The number of hydrogen-bond donors (Lipinski definition) is 24. The molecule has 0 fully saturated rings. The Hall–Kier alpha value is -12.3. The summed E-state index contributed by atoms with van der Waals surface area (Å²) in [7, 11) is 5.20. The summed E-state index contributed by atoms with van der Waals surface area (Å²) in [5.41, 5.74) is 32.6. The third kappa shape index (κ3) is 26.3. The van der Waals surface area contributed by atoms with Crippen LogP contribution >= 0.6 is 0 Å². The Morgan fingerprint density at radius 2 is 0.588 bits per heavy atom. The molecule has 4 rings (SSSR count). The second-order valence-corrected chi connectivity index (χ2v) is 21.2. The summed E-state index contributed by atoms with van der Waals surface area (Å²) >= 11 is 0. The minimum atomic E-state index is -1.35. The highest BCUT2D eigenvalue weighted by Gasteiger charge is 2.30. The average molecular weight is 1350 g/mol. The lowest BCUT2D eigenvalue weighted by Gasteiger charge is -2.22. The van der Waals surface area contributed by atoms with Gasteiger partial charge in [0.25, 0.3) is 23.6 Å². The Balaban J connectivity index is 1.61. The molecule has 0 heterocycles. The van der Waals surface area contributed by atoms with Gasteiger partial charge in [-0.05, 0) is 124 Å². The Bertz CT molecular complexity index is 3530. The predicted molar refractivity (Wildman–Crippen MR) is 362 cm³/mol. The van der Waals surface area contributed by atoms with Crippen LogP contribution in [0.4, 0.5) is 22.7 Å². The van der Waals surface area contributed by atoms with Crippen LogP contribution in [0.1, 0.15) is 99.2 Å². The summed E-state index contributed by atoms with van der Waals surface area (Å²) in [5.74, 6) is -8.31. The second kappa shape index (κ2) is 39.3. The fourth-order valence-electron chi connectivity index (χ4n) is 9.26. The zero-order valence-electron chi connectivity index (χ0n) is 53.9. The minimum absolute atomic E-state index is 0.0000998. The van der Waals surface area contributed by atoms with E-state index >= 15 is 0 Å². The van der Waals surface area contributed by atoms with Crippen molar-refractivity contribution in [3.05, 3.63) is 95.1 Å². The van der Waals surface area contributed by atoms with Crippen LogP contribution in [0, 0.1) is 27.0 Å². The molecule has 30 N–H and O–H groups in total. The van der Waals surface area contributed by atoms with Gasteiger partial charge in [0.2, 0.25) is 29.5 Å². The molecule has 0 radical (unpaired) electrons. The molecular formula is C60H86N24O13. The van der Waals surface area contributed by atoms with E-state index in [1.54, 1.807) is 0 Å². The molecule has 9 amide bonds. The molecule has 97 heavy (non-hydrogen) atoms. The van der Waals surface area contributed by atoms with Gasteiger partial charge in [-0.25, -0.2) is 0 Å². The lowest BCUT2D eigenvalue weighted by molar-refractivity contribution is -0.126. The first-order valence-corrected chi connectivity index (χ1v) is 30.0. The fourth-order valence-corrected chi connectivity index (χ4v) is 9.26. The number of ether oxygens (including phenoxy) is 4. The molecule has 4 aromatic carbocycles. The highest BCUT2D eigenvalue weighted by Crippen LogP contribution is 2.28. The van der Waals surface area contributed by atoms with E-state index in [9.17, 15) is 43.2 Å². The number of primary amides is 1. The SMILES string of the molecule is COc1ccc(NC(=O)[C@@H](CCCNC(=N)N)NC(=O)c2cc(NC(=O)[C@@H](CCCNC(=N)N)NC(=O)c3cc(NC(=O)[C@@H](CCCNC(=N)N)NC(=O)c4cc(NC(=O)[C@@H](CCCNC(=N)N)NC(=O)CCNC(=N)N)ccc4OC)ccc3OC)ccc2OC)cc1C(N)=O. The topological polar surface area (TPSA) is 622 Å². The summed E-state index contributed by atoms with van der Waals surface area (Å²) in [5, 5.41) is 72.1. The Morgan fingerprint density at radius 3 is 0.835 bits per heavy atom. The van der Waals surface area contributed by atoms with Crippen molar-refractivity contribution < 1.29 is 62.1 Å². The first-order valence-electron chi connectivity index (χ1n) is 30.0. The number of amides is 9. The zero-order chi connectivity index (χ0) is 71.7. The minimum Gasteiger partial charge on any atom is -0.496 e. The average Bonchev–Trinajstić information content (AvgIpc) is 0.854. The van der Waals surface area contributed by atoms with Crippen molar-refractivity contribution in [2.75, 3.05) is 82.4 Å². The highest BCUT2D eigenvalue weighted by molar-refractivity contribution is 6.08. The van der Waals surface area contributed by atoms with E-state index in [1.807, 2.05) is 0 Å². The summed E-state index contributed by atoms with van der Waals surface area (Å²) in [6.45, 7) is 0.577. The van der Waals surface area contributed by atoms with E-state index in [-0.39, 0.29) is 188 Å². The molecule has 0 unspecified atom stereocenters. The number of anilines is 4. The van der Waals surface area contributed by atoms with E-state index < -0.39 is 77.3 Å². The van der Waals surface area contributed by atoms with Crippen molar-refractivity contribution in [3.63, 3.8) is 0 Å². The summed E-state index contributed by atoms with van der Waals surface area (Å²) in [6, 6.07) is 11.4. The van der Waals surface area contributed by atoms with Crippen molar-refractivity contribution >= 4 is 106 Å². The van der Waals surface area contributed by atoms with Crippen LogP contribution in [-0.2, 0) is 24.0 Å². The van der Waals surface area contributed by atoms with E-state index in [2.05, 4.69) is 69.1 Å². The molecule has 4 atom stereocenters. The van der Waals surface area contributed by atoms with Crippen LogP contribution in [0.25, 0.3) is 0 Å². The number of rotatable bonds is 39. The first-order chi connectivity index (χ1) is 46.2. The van der Waals surface area contributed by atoms with Gasteiger partial charge in [0, 0.05) is 61.9 Å². The van der Waals surface area contributed by atoms with E-state index in [4.69, 9.17) is 80.4 Å². The summed E-state index contributed by atoms with van der Waals surface area (Å²) < 4.78 is 21.7. The third-order valence-corrected chi connectivity index (χ3v) is 14.0. The van der Waals surface area contributed by atoms with Crippen LogP contribution < -0.4 is 122 Å². The number of carbonyl (C=O) groups is 9. The quantitative estimate of drug-likeness (QED) is 0.0136. The maximum absolute atomic E-state index is 14.4. The Labute approximate surface area is 557 Å². The van der Waals surface area contributed by atoms with Crippen LogP contribution in [-0.4, -0.2) is 168 Å². The molecule has 37 nitrogen and oxygen atoms in total. The normalized spacial score (nSPS) is 11.7. The molecule has 37 heteroatoms. The molecule has 0 saturated carbocycles. The van der Waals surface area contributed by atoms with Gasteiger partial charge in [-0.15, -0.1) is 0 Å². The van der Waals surface area contributed by atoms with Gasteiger partial charge >= 0.3 is 0 Å². The van der Waals surface area contributed by atoms with Gasteiger partial charge < -0.3 is 122 Å². The van der Waals surface area contributed by atoms with Gasteiger partial charge in [0.05, 0.1) is 50.7 Å². The smallest absolute Gasteiger partial charge is 0.255 e. The Morgan fingerprint density at radius 1 is 0.351 bits per heavy atom. The second-order valence-electron chi connectivity index (χ2n) is 21.2. The molecule has 524 valence electrons. The molecule has 0 bridgehead atoms. The van der Waals surface area contributed by atoms with Gasteiger partial charge in [-0.2, -0.15) is 0 Å². The number of guanidine groups is 5. The largest absolute Gasteiger partial charge is 0.496 e. The Kier molecular flexibility index (Phi) is 31.2. The van der Waals surface area contributed by atoms with E-state index in [0.717, 1.165) is 0 Å². The van der Waals surface area contributed by atoms with E-state index in [0.29, 0.717) is 0 Å². The van der Waals surface area contributed by atoms with Gasteiger partial charge in [-0.3, -0.25) is 70.2 Å². The molecule has 0 saturated heterocycles. The highest BCUT2D eigenvalue weighted by atomic mass is 16.5. The van der Waals surface area contributed by atoms with Crippen molar-refractivity contribution in [1.29, 1.82) is 27.0 Å². The van der Waals surface area contributed by atoms with Crippen molar-refractivity contribution in [3.8, 4) is 23.0 Å². The lowest BCUT2D eigenvalue weighted by atomic mass is 10.1. The van der Waals surface area contributed by atoms with Gasteiger partial charge in [0.15, 0.2) is 29.8 Å². The monoisotopic (exact) mass is 1350 g/mol. The third-order valence-electron chi connectivity index (χ3n) is 14.0. The molecule has 0 aliphatic rings. The molecule has 4 aromatic rings. The number of nitrogens with two attached hydrogens (primary N) is 6. The summed E-state index contributed by atoms with van der Waals surface area (Å²) in [4.78, 5) is 124. The zero-order valence-corrected chi connectivity index (χ0v) is 53.9. The lowest BCUT2D eigenvalue weighted by Crippen LogP contribution is -2.45. The molecular weight excluding hydrogens is 1260 g/mol. The van der Waals surface area contributed by atoms with Crippen molar-refractivity contribution in [2.45, 2.75) is 82.0 Å². The molecule has 0 aromatic heterocycles. The van der Waals surface area contributed by atoms with Crippen LogP contribution in [0.5, 0.6) is 23.0 Å². The molecule has 0 spiro atoms. The number of benzene rings is 4. The number of hydrogen-bond acceptors (Lipinski definition) is 18.